The number of carbonyl (C=O) groups is 2. The lowest BCUT2D eigenvalue weighted by atomic mass is 10.0. The van der Waals surface area contributed by atoms with Crippen molar-refractivity contribution in [2.45, 2.75) is 19.9 Å². The number of thiophene rings is 1. The standard InChI is InChI=1S/C28H24ClN3O4S/c1-3-36-25(34)14-19(33)15-32-16-22(21-13-18(29)8-11-23(21)32)27-26(17-6-9-20(35-2)10-7-17)30-28(31-27)24-5-4-12-37-24/h4-13,16H,3,14-15H2,1-2H3,(H,30,31). The van der Waals surface area contributed by atoms with Gasteiger partial charge in [0.05, 0.1) is 36.5 Å². The number of hydrogen-bond donors (Lipinski definition) is 1. The van der Waals surface area contributed by atoms with E-state index in [4.69, 9.17) is 26.1 Å². The van der Waals surface area contributed by atoms with Gasteiger partial charge < -0.3 is 19.0 Å². The molecule has 3 aromatic heterocycles. The van der Waals surface area contributed by atoms with Crippen molar-refractivity contribution in [3.63, 3.8) is 0 Å². The number of methoxy groups -OCH3 is 1. The zero-order valence-electron chi connectivity index (χ0n) is 20.3. The fourth-order valence-corrected chi connectivity index (χ4v) is 5.12. The van der Waals surface area contributed by atoms with Crippen LogP contribution in [0, 0.1) is 0 Å². The molecule has 0 spiro atoms. The number of benzene rings is 2. The number of ether oxygens (including phenoxy) is 2. The maximum Gasteiger partial charge on any atom is 0.313 e. The van der Waals surface area contributed by atoms with Crippen molar-refractivity contribution in [2.24, 2.45) is 0 Å². The van der Waals surface area contributed by atoms with Crippen LogP contribution in [0.2, 0.25) is 5.02 Å². The highest BCUT2D eigenvalue weighted by molar-refractivity contribution is 7.13. The molecular weight excluding hydrogens is 510 g/mol. The number of Topliss-reactive ketones (excluding diaryl/α,β-unsaturated/α-hetero) is 1. The Bertz CT molecular complexity index is 1570. The summed E-state index contributed by atoms with van der Waals surface area (Å²) >= 11 is 7.99. The lowest BCUT2D eigenvalue weighted by molar-refractivity contribution is -0.145. The number of hydrogen-bond acceptors (Lipinski definition) is 6. The summed E-state index contributed by atoms with van der Waals surface area (Å²) in [5.41, 5.74) is 4.16. The van der Waals surface area contributed by atoms with Crippen LogP contribution >= 0.6 is 22.9 Å². The Morgan fingerprint density at radius 2 is 1.95 bits per heavy atom. The second-order valence-corrected chi connectivity index (χ2v) is 9.75. The first-order valence-electron chi connectivity index (χ1n) is 11.7. The molecule has 2 aromatic carbocycles. The van der Waals surface area contributed by atoms with Gasteiger partial charge in [-0.05, 0) is 60.8 Å². The van der Waals surface area contributed by atoms with Gasteiger partial charge >= 0.3 is 5.97 Å². The maximum absolute atomic E-state index is 12.7. The van der Waals surface area contributed by atoms with Gasteiger partial charge in [-0.25, -0.2) is 4.98 Å². The van der Waals surface area contributed by atoms with Crippen LogP contribution in [0.4, 0.5) is 0 Å². The molecule has 0 aliphatic heterocycles. The number of nitrogens with one attached hydrogen (secondary N) is 1. The third kappa shape index (κ3) is 5.16. The van der Waals surface area contributed by atoms with Crippen LogP contribution in [0.25, 0.3) is 44.1 Å². The molecule has 7 nitrogen and oxygen atoms in total. The minimum Gasteiger partial charge on any atom is -0.497 e. The number of halogens is 1. The number of nitrogens with zero attached hydrogens (tertiary/aromatic N) is 2. The van der Waals surface area contributed by atoms with E-state index in [1.54, 1.807) is 31.4 Å². The molecule has 37 heavy (non-hydrogen) atoms. The van der Waals surface area contributed by atoms with Crippen molar-refractivity contribution in [2.75, 3.05) is 13.7 Å². The van der Waals surface area contributed by atoms with E-state index in [1.165, 1.54) is 0 Å². The van der Waals surface area contributed by atoms with Gasteiger partial charge in [0.1, 0.15) is 18.0 Å². The van der Waals surface area contributed by atoms with Gasteiger partial charge in [-0.3, -0.25) is 9.59 Å². The second-order valence-electron chi connectivity index (χ2n) is 8.37. The van der Waals surface area contributed by atoms with Gasteiger partial charge in [0.2, 0.25) is 0 Å². The number of esters is 1. The number of fused-ring (bicyclic) bond motifs is 1. The van der Waals surface area contributed by atoms with Crippen LogP contribution in [0.15, 0.2) is 66.2 Å². The summed E-state index contributed by atoms with van der Waals surface area (Å²) < 4.78 is 12.1. The number of aromatic amines is 1. The highest BCUT2D eigenvalue weighted by Crippen LogP contribution is 2.39. The Labute approximate surface area is 222 Å². The van der Waals surface area contributed by atoms with Crippen molar-refractivity contribution in [1.82, 2.24) is 14.5 Å². The summed E-state index contributed by atoms with van der Waals surface area (Å²) in [4.78, 5) is 34.0. The molecule has 3 heterocycles. The lowest BCUT2D eigenvalue weighted by Gasteiger charge is -2.05. The van der Waals surface area contributed by atoms with Crippen LogP contribution in [0.5, 0.6) is 5.75 Å². The van der Waals surface area contributed by atoms with E-state index in [0.717, 1.165) is 49.9 Å². The average Bonchev–Trinajstić information content (AvgIpc) is 3.63. The monoisotopic (exact) mass is 533 g/mol. The number of aromatic nitrogens is 3. The number of imidazole rings is 1. The number of H-pyrrole nitrogens is 1. The first-order chi connectivity index (χ1) is 18.0. The fourth-order valence-electron chi connectivity index (χ4n) is 4.27. The lowest BCUT2D eigenvalue weighted by Crippen LogP contribution is -2.15. The highest BCUT2D eigenvalue weighted by atomic mass is 35.5. The van der Waals surface area contributed by atoms with Gasteiger partial charge in [0.25, 0.3) is 0 Å². The van der Waals surface area contributed by atoms with Gasteiger partial charge in [-0.15, -0.1) is 11.3 Å². The first-order valence-corrected chi connectivity index (χ1v) is 13.0. The largest absolute Gasteiger partial charge is 0.497 e. The van der Waals surface area contributed by atoms with Crippen molar-refractivity contribution < 1.29 is 19.1 Å². The quantitative estimate of drug-likeness (QED) is 0.170. The number of ketones is 1. The molecule has 0 atom stereocenters. The van der Waals surface area contributed by atoms with Crippen LogP contribution in [0.1, 0.15) is 13.3 Å². The summed E-state index contributed by atoms with van der Waals surface area (Å²) in [6, 6.07) is 17.3. The summed E-state index contributed by atoms with van der Waals surface area (Å²) in [6.07, 6.45) is 1.63. The molecule has 5 aromatic rings. The number of rotatable bonds is 9. The average molecular weight is 534 g/mol. The molecule has 0 aliphatic carbocycles. The Morgan fingerprint density at radius 1 is 1.14 bits per heavy atom. The third-order valence-electron chi connectivity index (χ3n) is 5.93. The van der Waals surface area contributed by atoms with Crippen molar-refractivity contribution in [1.29, 1.82) is 0 Å². The highest BCUT2D eigenvalue weighted by Gasteiger charge is 2.21. The van der Waals surface area contributed by atoms with Crippen LogP contribution in [0.3, 0.4) is 0 Å². The maximum atomic E-state index is 12.7. The predicted molar refractivity (Wildman–Crippen MR) is 146 cm³/mol. The van der Waals surface area contributed by atoms with Gasteiger partial charge in [-0.2, -0.15) is 0 Å². The minimum absolute atomic E-state index is 0.0285. The molecule has 0 fully saturated rings. The molecule has 188 valence electrons. The molecule has 0 unspecified atom stereocenters. The topological polar surface area (TPSA) is 86.2 Å². The summed E-state index contributed by atoms with van der Waals surface area (Å²) in [6.45, 7) is 1.98. The second kappa shape index (κ2) is 10.6. The fraction of sp³-hybridized carbons (Fsp3) is 0.179. The van der Waals surface area contributed by atoms with E-state index in [1.807, 2.05) is 64.7 Å². The Morgan fingerprint density at radius 3 is 2.65 bits per heavy atom. The van der Waals surface area contributed by atoms with Gasteiger partial charge in [0.15, 0.2) is 5.78 Å². The molecule has 5 rings (SSSR count). The van der Waals surface area contributed by atoms with E-state index in [-0.39, 0.29) is 25.4 Å². The Hall–Kier alpha value is -3.88. The molecule has 1 N–H and O–H groups in total. The normalized spacial score (nSPS) is 11.1. The van der Waals surface area contributed by atoms with E-state index in [9.17, 15) is 9.59 Å². The zero-order chi connectivity index (χ0) is 25.9. The number of carbonyl (C=O) groups excluding carboxylic acids is 2. The minimum atomic E-state index is -0.525. The predicted octanol–water partition coefficient (Wildman–Crippen LogP) is 6.61. The molecule has 0 amide bonds. The van der Waals surface area contributed by atoms with E-state index >= 15 is 0 Å². The molecule has 0 saturated carbocycles. The molecular formula is C28H24ClN3O4S. The summed E-state index contributed by atoms with van der Waals surface area (Å²) in [5.74, 6) is 0.735. The molecule has 0 aliphatic rings. The molecule has 9 heteroatoms. The zero-order valence-corrected chi connectivity index (χ0v) is 21.9. The van der Waals surface area contributed by atoms with Crippen LogP contribution < -0.4 is 4.74 Å². The molecule has 0 saturated heterocycles. The van der Waals surface area contributed by atoms with Crippen LogP contribution in [-0.2, 0) is 20.9 Å². The van der Waals surface area contributed by atoms with Crippen molar-refractivity contribution >= 4 is 45.6 Å². The SMILES string of the molecule is CCOC(=O)CC(=O)Cn1cc(-c2[nH]c(-c3cccs3)nc2-c2ccc(OC)cc2)c2cc(Cl)ccc21. The smallest absolute Gasteiger partial charge is 0.313 e. The van der Waals surface area contributed by atoms with Crippen molar-refractivity contribution in [3.05, 3.63) is 71.2 Å². The van der Waals surface area contributed by atoms with E-state index in [0.29, 0.717) is 5.02 Å². The Balaban J connectivity index is 1.64. The van der Waals surface area contributed by atoms with E-state index in [2.05, 4.69) is 4.98 Å². The molecule has 0 radical (unpaired) electrons. The third-order valence-corrected chi connectivity index (χ3v) is 7.04. The summed E-state index contributed by atoms with van der Waals surface area (Å²) in [7, 11) is 1.63. The first kappa shape index (κ1) is 24.8. The van der Waals surface area contributed by atoms with Gasteiger partial charge in [0, 0.05) is 33.2 Å². The molecule has 0 bridgehead atoms. The summed E-state index contributed by atoms with van der Waals surface area (Å²) in [5, 5.41) is 3.45. The van der Waals surface area contributed by atoms with Crippen molar-refractivity contribution in [3.8, 4) is 39.0 Å². The Kier molecular flexibility index (Phi) is 7.12. The van der Waals surface area contributed by atoms with Crippen LogP contribution in [-0.4, -0.2) is 40.0 Å². The van der Waals surface area contributed by atoms with E-state index < -0.39 is 5.97 Å². The van der Waals surface area contributed by atoms with Gasteiger partial charge in [-0.1, -0.05) is 17.7 Å².